The fourth-order valence-corrected chi connectivity index (χ4v) is 9.26. The van der Waals surface area contributed by atoms with Gasteiger partial charge in [-0.15, -0.1) is 0 Å². The van der Waals surface area contributed by atoms with Gasteiger partial charge in [0.25, 0.3) is 23.3 Å². The van der Waals surface area contributed by atoms with E-state index in [1.807, 2.05) is 55.6 Å². The fraction of sp³-hybridized carbons (Fsp3) is 0.385. The van der Waals surface area contributed by atoms with Crippen molar-refractivity contribution >= 4 is 45.2 Å². The van der Waals surface area contributed by atoms with Gasteiger partial charge in [-0.25, -0.2) is 4.98 Å². The van der Waals surface area contributed by atoms with Gasteiger partial charge in [0.15, 0.2) is 0 Å². The number of carbonyl (C=O) groups excluding carboxylic acids is 3. The first-order chi connectivity index (χ1) is 32.4. The Balaban J connectivity index is 0.675. The molecule has 0 radical (unpaired) electrons. The maximum absolute atomic E-state index is 13.6. The van der Waals surface area contributed by atoms with Crippen molar-refractivity contribution in [1.82, 2.24) is 35.4 Å². The summed E-state index contributed by atoms with van der Waals surface area (Å²) >= 11 is 0. The first-order valence-electron chi connectivity index (χ1n) is 23.4. The van der Waals surface area contributed by atoms with Crippen molar-refractivity contribution in [3.63, 3.8) is 0 Å². The van der Waals surface area contributed by atoms with Crippen LogP contribution in [0.1, 0.15) is 111 Å². The molecule has 2 fully saturated rings. The molecule has 2 saturated heterocycles. The Morgan fingerprint density at radius 2 is 1.43 bits per heavy atom. The van der Waals surface area contributed by atoms with Crippen molar-refractivity contribution < 1.29 is 27.6 Å². The lowest BCUT2D eigenvalue weighted by atomic mass is 9.88. The van der Waals surface area contributed by atoms with Gasteiger partial charge in [-0.3, -0.25) is 29.1 Å². The summed E-state index contributed by atoms with van der Waals surface area (Å²) in [6.07, 6.45) is 5.87. The fourth-order valence-electron chi connectivity index (χ4n) is 9.26. The van der Waals surface area contributed by atoms with E-state index < -0.39 is 11.7 Å². The first kappa shape index (κ1) is 46.9. The number of aromatic nitrogens is 3. The minimum atomic E-state index is -4.51. The largest absolute Gasteiger partial charge is 0.417 e. The number of aromatic amines is 1. The molecule has 15 heteroatoms. The molecule has 0 unspecified atom stereocenters. The number of nitrogens with zero attached hydrogens (tertiary/aromatic N) is 5. The Kier molecular flexibility index (Phi) is 14.9. The molecule has 5 heterocycles. The minimum absolute atomic E-state index is 0.0232. The molecule has 12 nitrogen and oxygen atoms in total. The molecule has 3 amide bonds. The lowest BCUT2D eigenvalue weighted by molar-refractivity contribution is -0.136. The van der Waals surface area contributed by atoms with E-state index in [0.29, 0.717) is 62.1 Å². The second-order valence-electron chi connectivity index (χ2n) is 17.6. The van der Waals surface area contributed by atoms with Crippen LogP contribution in [-0.2, 0) is 19.1 Å². The van der Waals surface area contributed by atoms with Crippen LogP contribution in [0.15, 0.2) is 102 Å². The highest BCUT2D eigenvalue weighted by Crippen LogP contribution is 2.36. The summed E-state index contributed by atoms with van der Waals surface area (Å²) in [5.74, 6) is -0.369. The lowest BCUT2D eigenvalue weighted by Crippen LogP contribution is -2.46. The van der Waals surface area contributed by atoms with Crippen molar-refractivity contribution in [2.45, 2.75) is 76.9 Å². The number of piperazine rings is 1. The number of benzene rings is 3. The molecule has 67 heavy (non-hydrogen) atoms. The Hall–Kier alpha value is -6.61. The average Bonchev–Trinajstić information content (AvgIpc) is 3.35. The van der Waals surface area contributed by atoms with Crippen LogP contribution in [0.4, 0.5) is 18.9 Å². The number of aryl methyl sites for hydroxylation is 1. The zero-order valence-corrected chi connectivity index (χ0v) is 37.8. The third-order valence-corrected chi connectivity index (χ3v) is 13.1. The molecule has 2 aliphatic rings. The number of pyridine rings is 3. The maximum Gasteiger partial charge on any atom is 0.417 e. The Morgan fingerprint density at radius 3 is 2.12 bits per heavy atom. The van der Waals surface area contributed by atoms with Crippen LogP contribution in [-0.4, -0.2) is 94.8 Å². The second kappa shape index (κ2) is 21.3. The predicted molar refractivity (Wildman–Crippen MR) is 254 cm³/mol. The molecule has 6 aromatic rings. The summed E-state index contributed by atoms with van der Waals surface area (Å²) in [5.41, 5.74) is 5.89. The van der Waals surface area contributed by atoms with Gasteiger partial charge in [-0.2, -0.15) is 13.2 Å². The monoisotopic (exact) mass is 914 g/mol. The van der Waals surface area contributed by atoms with Crippen LogP contribution in [0.5, 0.6) is 0 Å². The van der Waals surface area contributed by atoms with Gasteiger partial charge < -0.3 is 25.4 Å². The van der Waals surface area contributed by atoms with E-state index in [0.717, 1.165) is 104 Å². The number of halogens is 3. The van der Waals surface area contributed by atoms with E-state index in [4.69, 9.17) is 0 Å². The maximum atomic E-state index is 13.6. The van der Waals surface area contributed by atoms with E-state index in [9.17, 15) is 32.3 Å². The average molecular weight is 915 g/mol. The smallest absolute Gasteiger partial charge is 0.368 e. The Morgan fingerprint density at radius 1 is 0.746 bits per heavy atom. The zero-order chi connectivity index (χ0) is 46.9. The van der Waals surface area contributed by atoms with Crippen LogP contribution in [0.2, 0.25) is 0 Å². The van der Waals surface area contributed by atoms with Gasteiger partial charge in [0, 0.05) is 81.8 Å². The highest BCUT2D eigenvalue weighted by Gasteiger charge is 2.33. The van der Waals surface area contributed by atoms with Gasteiger partial charge >= 0.3 is 6.18 Å². The molecule has 0 saturated carbocycles. The van der Waals surface area contributed by atoms with Crippen LogP contribution in [0, 0.1) is 0 Å². The van der Waals surface area contributed by atoms with Crippen LogP contribution < -0.4 is 21.1 Å². The van der Waals surface area contributed by atoms with Crippen molar-refractivity contribution in [2.24, 2.45) is 0 Å². The Labute approximate surface area is 388 Å². The van der Waals surface area contributed by atoms with Crippen LogP contribution in [0.25, 0.3) is 21.8 Å². The van der Waals surface area contributed by atoms with E-state index in [1.165, 1.54) is 18.2 Å². The first-order valence-corrected chi connectivity index (χ1v) is 23.4. The number of fused-ring (bicyclic) bond motifs is 2. The lowest BCUT2D eigenvalue weighted by Gasteiger charge is -2.36. The summed E-state index contributed by atoms with van der Waals surface area (Å²) in [6, 6.07) is 23.7. The highest BCUT2D eigenvalue weighted by molar-refractivity contribution is 6.08. The molecule has 0 atom stereocenters. The van der Waals surface area contributed by atoms with Crippen molar-refractivity contribution in [3.8, 4) is 0 Å². The van der Waals surface area contributed by atoms with Crippen molar-refractivity contribution in [1.29, 1.82) is 0 Å². The number of unbranched alkanes of at least 4 members (excludes halogenated alkanes) is 4. The van der Waals surface area contributed by atoms with E-state index >= 15 is 0 Å². The quantitative estimate of drug-likeness (QED) is 0.0821. The summed E-state index contributed by atoms with van der Waals surface area (Å²) in [6.45, 7) is 8.23. The zero-order valence-electron chi connectivity index (χ0n) is 37.8. The number of hydrogen-bond acceptors (Lipinski definition) is 8. The topological polar surface area (TPSA) is 144 Å². The molecule has 0 spiro atoms. The molecular weight excluding hydrogens is 858 g/mol. The number of piperidine rings is 1. The van der Waals surface area contributed by atoms with Crippen LogP contribution in [0.3, 0.4) is 0 Å². The number of alkyl halides is 3. The molecule has 8 rings (SSSR count). The molecule has 3 aromatic heterocycles. The summed E-state index contributed by atoms with van der Waals surface area (Å²) in [7, 11) is 0. The van der Waals surface area contributed by atoms with Crippen molar-refractivity contribution in [3.05, 3.63) is 147 Å². The Bertz CT molecular complexity index is 2740. The number of likely N-dealkylation sites (tertiary alicyclic amines) is 1. The van der Waals surface area contributed by atoms with Gasteiger partial charge in [-0.1, -0.05) is 62.6 Å². The molecular formula is C52H57F3N8O4. The number of H-pyrrole nitrogens is 1. The van der Waals surface area contributed by atoms with Crippen molar-refractivity contribution in [2.75, 3.05) is 57.3 Å². The summed E-state index contributed by atoms with van der Waals surface area (Å²) in [5, 5.41) is 6.32. The number of anilines is 1. The third kappa shape index (κ3) is 11.5. The number of amides is 3. The van der Waals surface area contributed by atoms with E-state index in [-0.39, 0.29) is 40.1 Å². The van der Waals surface area contributed by atoms with Gasteiger partial charge in [-0.05, 0) is 108 Å². The van der Waals surface area contributed by atoms with Gasteiger partial charge in [0.2, 0.25) is 0 Å². The molecule has 3 N–H and O–H groups in total. The van der Waals surface area contributed by atoms with E-state index in [1.54, 1.807) is 29.3 Å². The summed E-state index contributed by atoms with van der Waals surface area (Å²) in [4.78, 5) is 69.8. The predicted octanol–water partition coefficient (Wildman–Crippen LogP) is 8.50. The van der Waals surface area contributed by atoms with Gasteiger partial charge in [0.05, 0.1) is 28.5 Å². The number of hydrogen-bond donors (Lipinski definition) is 3. The molecule has 3 aromatic carbocycles. The molecule has 0 bridgehead atoms. The van der Waals surface area contributed by atoms with Gasteiger partial charge in [0.1, 0.15) is 5.69 Å². The number of carbonyl (C=O) groups is 3. The number of rotatable bonds is 16. The van der Waals surface area contributed by atoms with E-state index in [2.05, 4.69) is 35.4 Å². The molecule has 2 aliphatic heterocycles. The molecule has 350 valence electrons. The highest BCUT2D eigenvalue weighted by atomic mass is 19.4. The van der Waals surface area contributed by atoms with Crippen LogP contribution >= 0.6 is 0 Å². The molecule has 0 aliphatic carbocycles. The summed E-state index contributed by atoms with van der Waals surface area (Å²) < 4.78 is 40.9. The number of nitrogens with one attached hydrogen (secondary N) is 3. The minimum Gasteiger partial charge on any atom is -0.368 e. The second-order valence-corrected chi connectivity index (χ2v) is 17.6. The standard InChI is InChI=1S/C52H57F3N8O4/c1-2-36-31-46-47(60-49(36)65)30-35(32-58-46)34-61-26-28-62(29-27-61)40-18-19-45(59-33-40)50(66)57-23-7-5-3-4-6-22-56-48(64)39-16-14-37(15-17-39)38-20-24-63(25-21-38)51(67)43-12-8-11-42-41(43)10-9-13-44(42)52(53,54)55/h8-19,30-33,38H,2-7,20-29,34H2,1H3,(H,56,64)(H,57,66)(H,60,65). The SMILES string of the molecule is CCc1cc2ncc(CN3CCN(c4ccc(C(=O)NCCCCCCCNC(=O)c5ccc(C6CCN(C(=O)c7cccc8c(C(F)(F)F)cccc78)CC6)cc5)nc4)CC3)cc2[nH]c1=O. The normalized spacial score (nSPS) is 15.0. The third-order valence-electron chi connectivity index (χ3n) is 13.1.